The predicted molar refractivity (Wildman–Crippen MR) is 180 cm³/mol. The van der Waals surface area contributed by atoms with Gasteiger partial charge in [0.2, 0.25) is 11.6 Å². The zero-order chi connectivity index (χ0) is 36.1. The van der Waals surface area contributed by atoms with E-state index in [2.05, 4.69) is 9.98 Å². The van der Waals surface area contributed by atoms with Crippen LogP contribution in [0, 0.1) is 28.9 Å². The highest BCUT2D eigenvalue weighted by Gasteiger charge is 2.41. The van der Waals surface area contributed by atoms with Gasteiger partial charge in [0.05, 0.1) is 31.2 Å². The third-order valence-electron chi connectivity index (χ3n) is 8.82. The number of phenolic OH excluding ortho intramolecular Hbond substituents is 1. The van der Waals surface area contributed by atoms with Gasteiger partial charge in [0.15, 0.2) is 17.3 Å². The standard InChI is InChI=1S/C35H40F2N6O7/c1-5-47-34(45)20-7-10-25(22(15-20)35(46)48-6-2)43(4)21-9-12-27(23(17-21)32-40-13-14-42(32)3)49-30-24(36)18-41-33(29(30)37)50-28-16-19(31(38)39)8-11-26(28)44/h8-9,11-13,16-18,20,22,25,32,44H,5-7,10,14-15H2,1-4H3,(H3,38,39). The molecule has 1 saturated carbocycles. The predicted octanol–water partition coefficient (Wildman–Crippen LogP) is 5.30. The number of carbonyl (C=O) groups excluding carboxylic acids is 2. The fourth-order valence-electron chi connectivity index (χ4n) is 6.22. The summed E-state index contributed by atoms with van der Waals surface area (Å²) in [6, 6.07) is 8.56. The van der Waals surface area contributed by atoms with Crippen LogP contribution in [0.15, 0.2) is 47.6 Å². The van der Waals surface area contributed by atoms with E-state index in [0.717, 1.165) is 6.20 Å². The lowest BCUT2D eigenvalue weighted by Gasteiger charge is -2.40. The number of pyridine rings is 1. The van der Waals surface area contributed by atoms with Gasteiger partial charge in [-0.15, -0.1) is 0 Å². The molecule has 1 fully saturated rings. The minimum absolute atomic E-state index is 0.0994. The second-order valence-corrected chi connectivity index (χ2v) is 12.0. The van der Waals surface area contributed by atoms with Crippen LogP contribution in [0.3, 0.4) is 0 Å². The number of benzene rings is 2. The van der Waals surface area contributed by atoms with Gasteiger partial charge >= 0.3 is 11.9 Å². The quantitative estimate of drug-likeness (QED) is 0.128. The molecule has 0 amide bonds. The molecule has 13 nitrogen and oxygen atoms in total. The average molecular weight is 695 g/mol. The number of anilines is 1. The molecule has 0 radical (unpaired) electrons. The van der Waals surface area contributed by atoms with Crippen molar-refractivity contribution in [3.63, 3.8) is 0 Å². The maximum atomic E-state index is 15.8. The highest BCUT2D eigenvalue weighted by molar-refractivity contribution is 5.95. The smallest absolute Gasteiger partial charge is 0.311 e. The van der Waals surface area contributed by atoms with Gasteiger partial charge in [0.1, 0.15) is 17.8 Å². The fourth-order valence-corrected chi connectivity index (χ4v) is 6.22. The molecular formula is C35H40F2N6O7. The van der Waals surface area contributed by atoms with Gasteiger partial charge in [0, 0.05) is 42.7 Å². The number of rotatable bonds is 12. The van der Waals surface area contributed by atoms with Crippen LogP contribution < -0.4 is 20.1 Å². The summed E-state index contributed by atoms with van der Waals surface area (Å²) < 4.78 is 53.0. The minimum Gasteiger partial charge on any atom is -0.504 e. The first-order valence-corrected chi connectivity index (χ1v) is 16.2. The van der Waals surface area contributed by atoms with Crippen molar-refractivity contribution in [2.24, 2.45) is 22.6 Å². The first-order valence-electron chi connectivity index (χ1n) is 16.2. The Kier molecular flexibility index (Phi) is 11.1. The zero-order valence-electron chi connectivity index (χ0n) is 28.2. The summed E-state index contributed by atoms with van der Waals surface area (Å²) >= 11 is 0. The van der Waals surface area contributed by atoms with Crippen molar-refractivity contribution in [1.29, 1.82) is 5.41 Å². The SMILES string of the molecule is CCOC(=O)C1CCC(N(C)c2ccc(Oc3c(F)cnc(Oc4cc(C(=N)N)ccc4O)c3F)c(C3N=CCN3C)c2)C(C(=O)OCC)C1. The van der Waals surface area contributed by atoms with E-state index >= 15 is 8.78 Å². The lowest BCUT2D eigenvalue weighted by molar-refractivity contribution is -0.155. The van der Waals surface area contributed by atoms with Crippen molar-refractivity contribution in [2.45, 2.75) is 45.3 Å². The third-order valence-corrected chi connectivity index (χ3v) is 8.82. The molecule has 0 bridgehead atoms. The number of hydrogen-bond donors (Lipinski definition) is 3. The second-order valence-electron chi connectivity index (χ2n) is 12.0. The molecule has 1 aromatic heterocycles. The van der Waals surface area contributed by atoms with Gasteiger partial charge in [-0.2, -0.15) is 4.39 Å². The Morgan fingerprint density at radius 1 is 1.06 bits per heavy atom. The summed E-state index contributed by atoms with van der Waals surface area (Å²) in [5.41, 5.74) is 6.89. The second kappa shape index (κ2) is 15.5. The van der Waals surface area contributed by atoms with Gasteiger partial charge in [-0.1, -0.05) is 0 Å². The van der Waals surface area contributed by atoms with Gasteiger partial charge in [-0.3, -0.25) is 24.9 Å². The Balaban J connectivity index is 1.48. The van der Waals surface area contributed by atoms with Crippen molar-refractivity contribution in [2.75, 3.05) is 38.8 Å². The Morgan fingerprint density at radius 3 is 2.48 bits per heavy atom. The van der Waals surface area contributed by atoms with Crippen LogP contribution in [0.4, 0.5) is 14.5 Å². The summed E-state index contributed by atoms with van der Waals surface area (Å²) in [4.78, 5) is 37.9. The average Bonchev–Trinajstić information content (AvgIpc) is 3.53. The number of amidine groups is 1. The van der Waals surface area contributed by atoms with E-state index in [1.807, 2.05) is 23.9 Å². The molecule has 15 heteroatoms. The zero-order valence-corrected chi connectivity index (χ0v) is 28.2. The van der Waals surface area contributed by atoms with E-state index in [1.165, 1.54) is 18.2 Å². The Morgan fingerprint density at radius 2 is 1.80 bits per heavy atom. The largest absolute Gasteiger partial charge is 0.504 e. The summed E-state index contributed by atoms with van der Waals surface area (Å²) in [6.45, 7) is 4.43. The van der Waals surface area contributed by atoms with Crippen molar-refractivity contribution in [1.82, 2.24) is 9.88 Å². The molecule has 1 aliphatic carbocycles. The van der Waals surface area contributed by atoms with Crippen molar-refractivity contribution < 1.29 is 42.4 Å². The summed E-state index contributed by atoms with van der Waals surface area (Å²) in [5, 5.41) is 17.9. The number of nitrogens with zero attached hydrogens (tertiary/aromatic N) is 4. The number of aromatic nitrogens is 1. The van der Waals surface area contributed by atoms with Crippen molar-refractivity contribution >= 4 is 29.7 Å². The number of hydrogen-bond acceptors (Lipinski definition) is 12. The normalized spacial score (nSPS) is 20.3. The number of halogens is 2. The molecule has 1 aliphatic heterocycles. The molecule has 2 aliphatic rings. The number of esters is 2. The van der Waals surface area contributed by atoms with E-state index in [1.54, 1.807) is 38.3 Å². The molecule has 266 valence electrons. The number of nitrogen functional groups attached to an aromatic ring is 1. The van der Waals surface area contributed by atoms with Crippen LogP contribution in [0.2, 0.25) is 0 Å². The number of nitrogens with two attached hydrogens (primary N) is 1. The third kappa shape index (κ3) is 7.62. The first kappa shape index (κ1) is 36.0. The maximum absolute atomic E-state index is 15.8. The van der Waals surface area contributed by atoms with E-state index in [9.17, 15) is 14.7 Å². The molecule has 0 saturated heterocycles. The van der Waals surface area contributed by atoms with Crippen LogP contribution in [-0.2, 0) is 19.1 Å². The number of ether oxygens (including phenoxy) is 4. The molecule has 4 unspecified atom stereocenters. The van der Waals surface area contributed by atoms with Crippen molar-refractivity contribution in [3.8, 4) is 28.9 Å². The van der Waals surface area contributed by atoms with E-state index < -0.39 is 47.2 Å². The lowest BCUT2D eigenvalue weighted by atomic mass is 9.77. The Hall–Kier alpha value is -5.31. The number of aliphatic imine (C=N–C) groups is 1. The van der Waals surface area contributed by atoms with Gasteiger partial charge in [-0.25, -0.2) is 9.37 Å². The monoisotopic (exact) mass is 694 g/mol. The molecule has 0 spiro atoms. The molecule has 2 heterocycles. The van der Waals surface area contributed by atoms with E-state index in [-0.39, 0.29) is 60.3 Å². The van der Waals surface area contributed by atoms with Crippen LogP contribution in [0.5, 0.6) is 28.9 Å². The molecule has 3 aromatic rings. The van der Waals surface area contributed by atoms with E-state index in [0.29, 0.717) is 30.6 Å². The summed E-state index contributed by atoms with van der Waals surface area (Å²) in [7, 11) is 3.68. The minimum atomic E-state index is -1.27. The lowest BCUT2D eigenvalue weighted by Crippen LogP contribution is -2.47. The number of carbonyl (C=O) groups is 2. The van der Waals surface area contributed by atoms with Crippen LogP contribution in [0.25, 0.3) is 0 Å². The number of aromatic hydroxyl groups is 1. The molecule has 2 aromatic carbocycles. The molecule has 4 N–H and O–H groups in total. The molecular weight excluding hydrogens is 654 g/mol. The number of phenols is 1. The Labute approximate surface area is 288 Å². The van der Waals surface area contributed by atoms with E-state index in [4.69, 9.17) is 30.1 Å². The summed E-state index contributed by atoms with van der Waals surface area (Å²) in [6.07, 6.45) is 3.20. The van der Waals surface area contributed by atoms with Crippen LogP contribution in [-0.4, -0.2) is 78.9 Å². The molecule has 4 atom stereocenters. The van der Waals surface area contributed by atoms with Crippen molar-refractivity contribution in [3.05, 3.63) is 65.4 Å². The maximum Gasteiger partial charge on any atom is 0.311 e. The van der Waals surface area contributed by atoms with Gasteiger partial charge < -0.3 is 34.7 Å². The first-order chi connectivity index (χ1) is 23.9. The topological polar surface area (TPSA) is 173 Å². The number of nitrogens with one attached hydrogen (secondary N) is 1. The van der Waals surface area contributed by atoms with Crippen LogP contribution in [0.1, 0.15) is 50.4 Å². The van der Waals surface area contributed by atoms with Gasteiger partial charge in [0.25, 0.3) is 5.88 Å². The Bertz CT molecular complexity index is 1790. The highest BCUT2D eigenvalue weighted by atomic mass is 19.1. The summed E-state index contributed by atoms with van der Waals surface area (Å²) in [5.74, 6) is -6.49. The highest BCUT2D eigenvalue weighted by Crippen LogP contribution is 2.42. The fraction of sp³-hybridized carbons (Fsp3) is 0.400. The molecule has 50 heavy (non-hydrogen) atoms. The van der Waals surface area contributed by atoms with Gasteiger partial charge in [-0.05, 0) is 76.6 Å². The van der Waals surface area contributed by atoms with Crippen LogP contribution >= 0.6 is 0 Å². The molecule has 5 rings (SSSR count).